The van der Waals surface area contributed by atoms with Crippen molar-refractivity contribution >= 4 is 43.2 Å². The Labute approximate surface area is 195 Å². The Morgan fingerprint density at radius 2 is 2.09 bits per heavy atom. The predicted octanol–water partition coefficient (Wildman–Crippen LogP) is 0.250. The van der Waals surface area contributed by atoms with Gasteiger partial charge in [-0.15, -0.1) is 11.8 Å². The van der Waals surface area contributed by atoms with Crippen molar-refractivity contribution in [2.24, 2.45) is 11.8 Å². The van der Waals surface area contributed by atoms with E-state index in [0.717, 1.165) is 31.8 Å². The second-order valence-corrected chi connectivity index (χ2v) is 12.7. The number of thioether (sulfide) groups is 2. The summed E-state index contributed by atoms with van der Waals surface area (Å²) in [6.07, 6.45) is 1.20. The molecule has 0 radical (unpaired) electrons. The Morgan fingerprint density at radius 3 is 2.72 bits per heavy atom. The van der Waals surface area contributed by atoms with Crippen LogP contribution >= 0.6 is 31.3 Å². The number of aliphatic hydroxyl groups excluding tert-OH is 1. The van der Waals surface area contributed by atoms with E-state index in [1.807, 2.05) is 18.7 Å². The standard InChI is InChI=1S/C19H30N3O7PS2/c1-9-15-14(10(2)23)18(24)22(15)16(19(25)29-30(26,27)28)17(9)32-13-5-11(21-7-13)8-31-12-3-4-20-6-12/h9-15,20-21,23H,3-8H2,1-2H3,(H2,26,27,28)/t9-,10-,11+,12+,13+,14-,15-/m1/s1. The third-order valence-corrected chi connectivity index (χ3v) is 9.91. The number of hydrogen-bond acceptors (Lipinski definition) is 9. The maximum Gasteiger partial charge on any atom is 0.527 e. The maximum atomic E-state index is 12.7. The van der Waals surface area contributed by atoms with Crippen molar-refractivity contribution in [2.45, 2.75) is 55.4 Å². The van der Waals surface area contributed by atoms with Gasteiger partial charge in [0.15, 0.2) is 0 Å². The summed E-state index contributed by atoms with van der Waals surface area (Å²) in [5.41, 5.74) is -0.0902. The summed E-state index contributed by atoms with van der Waals surface area (Å²) >= 11 is 3.44. The molecule has 3 fully saturated rings. The summed E-state index contributed by atoms with van der Waals surface area (Å²) in [4.78, 5) is 45.4. The lowest BCUT2D eigenvalue weighted by molar-refractivity contribution is -0.162. The first kappa shape index (κ1) is 24.5. The van der Waals surface area contributed by atoms with Crippen LogP contribution in [0.25, 0.3) is 0 Å². The van der Waals surface area contributed by atoms with E-state index < -0.39 is 37.8 Å². The average Bonchev–Trinajstić information content (AvgIpc) is 3.39. The Bertz CT molecular complexity index is 845. The molecule has 0 aromatic heterocycles. The molecule has 0 unspecified atom stereocenters. The summed E-state index contributed by atoms with van der Waals surface area (Å²) < 4.78 is 15.6. The number of β-lactam (4-membered cyclic amide) rings is 1. The number of aliphatic hydroxyl groups is 1. The van der Waals surface area contributed by atoms with Crippen molar-refractivity contribution in [3.63, 3.8) is 0 Å². The van der Waals surface area contributed by atoms with Crippen LogP contribution in [0.1, 0.15) is 26.7 Å². The van der Waals surface area contributed by atoms with E-state index in [1.165, 1.54) is 30.0 Å². The van der Waals surface area contributed by atoms with Gasteiger partial charge in [-0.3, -0.25) is 14.6 Å². The average molecular weight is 508 g/mol. The number of hydrogen-bond donors (Lipinski definition) is 5. The van der Waals surface area contributed by atoms with Crippen LogP contribution in [0.2, 0.25) is 0 Å². The van der Waals surface area contributed by atoms with Gasteiger partial charge in [-0.2, -0.15) is 11.8 Å². The van der Waals surface area contributed by atoms with Gasteiger partial charge in [0.1, 0.15) is 5.70 Å². The van der Waals surface area contributed by atoms with Crippen LogP contribution in [0.5, 0.6) is 0 Å². The third kappa shape index (κ3) is 4.93. The van der Waals surface area contributed by atoms with Gasteiger partial charge in [0.2, 0.25) is 5.91 Å². The fourth-order valence-corrected chi connectivity index (χ4v) is 8.12. The first-order valence-electron chi connectivity index (χ1n) is 10.8. The maximum absolute atomic E-state index is 12.7. The van der Waals surface area contributed by atoms with Crippen LogP contribution in [-0.2, 0) is 18.7 Å². The minimum absolute atomic E-state index is 0.0902. The molecular weight excluding hydrogens is 477 g/mol. The van der Waals surface area contributed by atoms with E-state index in [2.05, 4.69) is 15.2 Å². The molecule has 0 aromatic rings. The van der Waals surface area contributed by atoms with Gasteiger partial charge in [0, 0.05) is 46.2 Å². The molecule has 0 aliphatic carbocycles. The quantitative estimate of drug-likeness (QED) is 0.227. The van der Waals surface area contributed by atoms with Crippen molar-refractivity contribution < 1.29 is 33.6 Å². The zero-order valence-corrected chi connectivity index (χ0v) is 20.5. The summed E-state index contributed by atoms with van der Waals surface area (Å²) in [6, 6.07) is -0.0651. The number of carbonyl (C=O) groups is 2. The molecule has 32 heavy (non-hydrogen) atoms. The van der Waals surface area contributed by atoms with Crippen molar-refractivity contribution in [2.75, 3.05) is 25.4 Å². The molecule has 7 atom stereocenters. The Hall–Kier alpha value is -0.590. The Kier molecular flexibility index (Phi) is 7.34. The summed E-state index contributed by atoms with van der Waals surface area (Å²) in [6.45, 7) is 6.27. The molecule has 1 amide bonds. The van der Waals surface area contributed by atoms with Crippen molar-refractivity contribution in [3.8, 4) is 0 Å². The molecule has 13 heteroatoms. The molecule has 0 spiro atoms. The fourth-order valence-electron chi connectivity index (χ4n) is 5.02. The number of phosphoric acid groups is 1. The Balaban J connectivity index is 1.47. The normalized spacial score (nSPS) is 35.8. The molecule has 4 rings (SSSR count). The molecule has 0 bridgehead atoms. The van der Waals surface area contributed by atoms with Gasteiger partial charge in [-0.1, -0.05) is 6.92 Å². The second-order valence-electron chi connectivity index (χ2n) is 8.86. The summed E-state index contributed by atoms with van der Waals surface area (Å²) in [7, 11) is -5.06. The Morgan fingerprint density at radius 1 is 1.34 bits per heavy atom. The highest BCUT2D eigenvalue weighted by atomic mass is 32.2. The smallest absolute Gasteiger partial charge is 0.393 e. The highest BCUT2D eigenvalue weighted by molar-refractivity contribution is 8.03. The van der Waals surface area contributed by atoms with E-state index in [-0.39, 0.29) is 16.9 Å². The lowest BCUT2D eigenvalue weighted by atomic mass is 9.79. The fraction of sp³-hybridized carbons (Fsp3) is 0.789. The number of fused-ring (bicyclic) bond motifs is 1. The molecule has 0 aromatic carbocycles. The van der Waals surface area contributed by atoms with Gasteiger partial charge in [-0.25, -0.2) is 9.36 Å². The predicted molar refractivity (Wildman–Crippen MR) is 122 cm³/mol. The van der Waals surface area contributed by atoms with Crippen LogP contribution in [0.15, 0.2) is 10.6 Å². The minimum atomic E-state index is -5.06. The molecular formula is C19H30N3O7PS2. The van der Waals surface area contributed by atoms with Gasteiger partial charge in [0.05, 0.1) is 18.1 Å². The van der Waals surface area contributed by atoms with Gasteiger partial charge in [0.25, 0.3) is 0 Å². The SMILES string of the molecule is C[C@@H](O)[C@H]1C(=O)N2C(C(=O)OP(=O)(O)O)=C(S[C@@H]3CN[C@H](CS[C@H]4CCNC4)C3)[C@H](C)[C@H]12. The van der Waals surface area contributed by atoms with Gasteiger partial charge >= 0.3 is 13.8 Å². The third-order valence-electron chi connectivity index (χ3n) is 6.53. The van der Waals surface area contributed by atoms with Crippen molar-refractivity contribution in [1.82, 2.24) is 15.5 Å². The van der Waals surface area contributed by atoms with E-state index >= 15 is 0 Å². The number of nitrogens with one attached hydrogen (secondary N) is 2. The molecule has 0 saturated carbocycles. The van der Waals surface area contributed by atoms with Crippen LogP contribution in [0, 0.1) is 11.8 Å². The molecule has 4 aliphatic heterocycles. The molecule has 4 aliphatic rings. The van der Waals surface area contributed by atoms with Crippen LogP contribution in [0.4, 0.5) is 0 Å². The summed E-state index contributed by atoms with van der Waals surface area (Å²) in [5, 5.41) is 17.7. The van der Waals surface area contributed by atoms with E-state index in [9.17, 15) is 19.3 Å². The zero-order valence-electron chi connectivity index (χ0n) is 18.0. The molecule has 10 nitrogen and oxygen atoms in total. The topological polar surface area (TPSA) is 148 Å². The van der Waals surface area contributed by atoms with Crippen LogP contribution in [0.3, 0.4) is 0 Å². The highest BCUT2D eigenvalue weighted by Gasteiger charge is 2.60. The van der Waals surface area contributed by atoms with E-state index in [0.29, 0.717) is 16.2 Å². The molecule has 4 heterocycles. The minimum Gasteiger partial charge on any atom is -0.393 e. The molecule has 180 valence electrons. The summed E-state index contributed by atoms with van der Waals surface area (Å²) in [5.74, 6) is -1.50. The van der Waals surface area contributed by atoms with E-state index in [1.54, 1.807) is 0 Å². The number of rotatable bonds is 8. The number of phosphoric ester groups is 1. The first-order chi connectivity index (χ1) is 15.1. The number of amides is 1. The number of nitrogens with zero attached hydrogens (tertiary/aromatic N) is 1. The van der Waals surface area contributed by atoms with Crippen molar-refractivity contribution in [3.05, 3.63) is 10.6 Å². The largest absolute Gasteiger partial charge is 0.527 e. The first-order valence-corrected chi connectivity index (χ1v) is 14.3. The molecule has 3 saturated heterocycles. The highest BCUT2D eigenvalue weighted by Crippen LogP contribution is 2.53. The monoisotopic (exact) mass is 507 g/mol. The van der Waals surface area contributed by atoms with Gasteiger partial charge in [-0.05, 0) is 26.3 Å². The van der Waals surface area contributed by atoms with Gasteiger partial charge < -0.3 is 25.2 Å². The number of carbonyl (C=O) groups excluding carboxylic acids is 2. The van der Waals surface area contributed by atoms with E-state index in [4.69, 9.17) is 9.79 Å². The second kappa shape index (κ2) is 9.58. The zero-order chi connectivity index (χ0) is 23.2. The lowest BCUT2D eigenvalue weighted by Crippen LogP contribution is -2.63. The lowest BCUT2D eigenvalue weighted by Gasteiger charge is -2.46. The molecule has 5 N–H and O–H groups in total. The van der Waals surface area contributed by atoms with Crippen LogP contribution < -0.4 is 10.6 Å². The van der Waals surface area contributed by atoms with Crippen molar-refractivity contribution in [1.29, 1.82) is 0 Å². The van der Waals surface area contributed by atoms with Crippen LogP contribution in [-0.4, -0.2) is 85.7 Å².